The maximum atomic E-state index is 13.6. The third kappa shape index (κ3) is 6.08. The Morgan fingerprint density at radius 2 is 1.96 bits per heavy atom. The lowest BCUT2D eigenvalue weighted by molar-refractivity contribution is -0.0179. The van der Waals surface area contributed by atoms with Gasteiger partial charge in [0.15, 0.2) is 11.5 Å². The van der Waals surface area contributed by atoms with Crippen molar-refractivity contribution in [3.63, 3.8) is 0 Å². The highest BCUT2D eigenvalue weighted by Gasteiger charge is 2.27. The van der Waals surface area contributed by atoms with Gasteiger partial charge in [-0.1, -0.05) is 6.07 Å². The highest BCUT2D eigenvalue weighted by atomic mass is 19.1. The summed E-state index contributed by atoms with van der Waals surface area (Å²) in [5.74, 6) is -1.20. The molecule has 1 aromatic carbocycles. The first-order valence-corrected chi connectivity index (χ1v) is 8.46. The van der Waals surface area contributed by atoms with Gasteiger partial charge in [0.2, 0.25) is 5.82 Å². The minimum Gasteiger partial charge on any atom is -0.505 e. The van der Waals surface area contributed by atoms with Crippen LogP contribution in [0.25, 0.3) is 0 Å². The summed E-state index contributed by atoms with van der Waals surface area (Å²) in [6, 6.07) is 4.23. The zero-order valence-corrected chi connectivity index (χ0v) is 15.0. The number of amides is 1. The summed E-state index contributed by atoms with van der Waals surface area (Å²) in [5.41, 5.74) is -0.497. The summed E-state index contributed by atoms with van der Waals surface area (Å²) in [4.78, 5) is 13.7. The maximum Gasteiger partial charge on any atom is 0.410 e. The largest absolute Gasteiger partial charge is 0.505 e. The molecule has 0 unspecified atom stereocenters. The lowest BCUT2D eigenvalue weighted by Gasteiger charge is -2.33. The molecule has 0 radical (unpaired) electrons. The van der Waals surface area contributed by atoms with Crippen LogP contribution in [0, 0.1) is 5.82 Å². The van der Waals surface area contributed by atoms with Crippen molar-refractivity contribution in [2.75, 3.05) is 26.3 Å². The summed E-state index contributed by atoms with van der Waals surface area (Å²) in [7, 11) is 0. The van der Waals surface area contributed by atoms with Gasteiger partial charge in [0, 0.05) is 13.1 Å². The van der Waals surface area contributed by atoms with E-state index in [9.17, 15) is 14.3 Å². The lowest BCUT2D eigenvalue weighted by atomic mass is 10.1. The summed E-state index contributed by atoms with van der Waals surface area (Å²) in [6.07, 6.45) is 1.18. The molecule has 0 aromatic heterocycles. The van der Waals surface area contributed by atoms with Crippen LogP contribution >= 0.6 is 0 Å². The Morgan fingerprint density at radius 1 is 1.28 bits per heavy atom. The van der Waals surface area contributed by atoms with Crippen LogP contribution in [0.5, 0.6) is 11.5 Å². The van der Waals surface area contributed by atoms with Crippen LogP contribution in [0.1, 0.15) is 33.6 Å². The molecule has 7 heteroatoms. The Balaban J connectivity index is 1.66. The van der Waals surface area contributed by atoms with Gasteiger partial charge in [-0.25, -0.2) is 4.79 Å². The number of ether oxygens (including phenoxy) is 3. The number of carbonyl (C=O) groups excluding carboxylic acids is 1. The molecule has 1 amide bonds. The Bertz CT molecular complexity index is 579. The van der Waals surface area contributed by atoms with Crippen molar-refractivity contribution in [2.45, 2.75) is 45.3 Å². The fourth-order valence-corrected chi connectivity index (χ4v) is 2.51. The van der Waals surface area contributed by atoms with E-state index in [-0.39, 0.29) is 24.6 Å². The number of phenolic OH excluding ortho intramolecular Hbond substituents is 1. The molecule has 6 nitrogen and oxygen atoms in total. The molecule has 1 aliphatic rings. The van der Waals surface area contributed by atoms with Crippen molar-refractivity contribution < 1.29 is 28.5 Å². The second-order valence-corrected chi connectivity index (χ2v) is 6.98. The number of phenols is 1. The minimum atomic E-state index is -0.770. The Morgan fingerprint density at radius 3 is 2.60 bits per heavy atom. The van der Waals surface area contributed by atoms with E-state index in [0.717, 1.165) is 12.8 Å². The second kappa shape index (κ2) is 8.38. The third-order valence-electron chi connectivity index (χ3n) is 3.73. The highest BCUT2D eigenvalue weighted by molar-refractivity contribution is 5.68. The molecule has 1 saturated heterocycles. The monoisotopic (exact) mass is 355 g/mol. The van der Waals surface area contributed by atoms with Gasteiger partial charge in [0.1, 0.15) is 12.2 Å². The van der Waals surface area contributed by atoms with E-state index in [1.54, 1.807) is 4.90 Å². The fraction of sp³-hybridized carbons (Fsp3) is 0.611. The van der Waals surface area contributed by atoms with Gasteiger partial charge in [-0.15, -0.1) is 0 Å². The van der Waals surface area contributed by atoms with Gasteiger partial charge in [-0.3, -0.25) is 0 Å². The summed E-state index contributed by atoms with van der Waals surface area (Å²) in [5, 5.41) is 9.27. The average molecular weight is 355 g/mol. The Kier molecular flexibility index (Phi) is 6.47. The standard InChI is InChI=1S/C18H26FNO5/c1-18(2,3)25-17(22)20-9-7-13(8-10-20)23-11-12-24-15-6-4-5-14(21)16(15)19/h4-6,13,21H,7-12H2,1-3H3. The van der Waals surface area contributed by atoms with E-state index in [0.29, 0.717) is 19.7 Å². The number of carbonyl (C=O) groups is 1. The molecule has 140 valence electrons. The molecule has 1 fully saturated rings. The first-order chi connectivity index (χ1) is 11.8. The zero-order valence-electron chi connectivity index (χ0n) is 15.0. The van der Waals surface area contributed by atoms with Gasteiger partial charge in [0.25, 0.3) is 0 Å². The van der Waals surface area contributed by atoms with Crippen molar-refractivity contribution in [2.24, 2.45) is 0 Å². The number of halogens is 1. The van der Waals surface area contributed by atoms with Crippen molar-refractivity contribution in [1.29, 1.82) is 0 Å². The van der Waals surface area contributed by atoms with Crippen molar-refractivity contribution >= 4 is 6.09 Å². The fourth-order valence-electron chi connectivity index (χ4n) is 2.51. The zero-order chi connectivity index (χ0) is 18.4. The SMILES string of the molecule is CC(C)(C)OC(=O)N1CCC(OCCOc2cccc(O)c2F)CC1. The van der Waals surface area contributed by atoms with Crippen molar-refractivity contribution in [1.82, 2.24) is 4.90 Å². The number of likely N-dealkylation sites (tertiary alicyclic amines) is 1. The van der Waals surface area contributed by atoms with Crippen LogP contribution < -0.4 is 4.74 Å². The average Bonchev–Trinajstić information content (AvgIpc) is 2.54. The molecule has 1 aliphatic heterocycles. The smallest absolute Gasteiger partial charge is 0.410 e. The van der Waals surface area contributed by atoms with E-state index in [1.165, 1.54) is 18.2 Å². The number of piperidine rings is 1. The number of hydrogen-bond donors (Lipinski definition) is 1. The molecule has 0 spiro atoms. The Hall–Kier alpha value is -2.02. The van der Waals surface area contributed by atoms with E-state index in [1.807, 2.05) is 20.8 Å². The molecule has 0 bridgehead atoms. The normalized spacial score (nSPS) is 15.9. The van der Waals surface area contributed by atoms with Gasteiger partial charge in [-0.2, -0.15) is 4.39 Å². The molecule has 2 rings (SSSR count). The Labute approximate surface area is 147 Å². The van der Waals surface area contributed by atoms with E-state index >= 15 is 0 Å². The molecule has 1 heterocycles. The van der Waals surface area contributed by atoms with Gasteiger partial charge in [-0.05, 0) is 45.7 Å². The summed E-state index contributed by atoms with van der Waals surface area (Å²) in [6.45, 7) is 7.20. The van der Waals surface area contributed by atoms with Gasteiger partial charge in [0.05, 0.1) is 12.7 Å². The van der Waals surface area contributed by atoms with Crippen LogP contribution in [0.2, 0.25) is 0 Å². The van der Waals surface area contributed by atoms with E-state index < -0.39 is 17.2 Å². The second-order valence-electron chi connectivity index (χ2n) is 6.98. The highest BCUT2D eigenvalue weighted by Crippen LogP contribution is 2.25. The van der Waals surface area contributed by atoms with E-state index in [4.69, 9.17) is 14.2 Å². The molecule has 0 atom stereocenters. The first-order valence-electron chi connectivity index (χ1n) is 8.46. The number of hydrogen-bond acceptors (Lipinski definition) is 5. The number of aromatic hydroxyl groups is 1. The molecule has 25 heavy (non-hydrogen) atoms. The molecular weight excluding hydrogens is 329 g/mol. The quantitative estimate of drug-likeness (QED) is 0.821. The number of rotatable bonds is 5. The summed E-state index contributed by atoms with van der Waals surface area (Å²) < 4.78 is 29.9. The summed E-state index contributed by atoms with van der Waals surface area (Å²) >= 11 is 0. The van der Waals surface area contributed by atoms with Gasteiger partial charge < -0.3 is 24.2 Å². The molecule has 0 saturated carbocycles. The molecular formula is C18H26FNO5. The van der Waals surface area contributed by atoms with Crippen LogP contribution in [0.4, 0.5) is 9.18 Å². The molecule has 1 N–H and O–H groups in total. The lowest BCUT2D eigenvalue weighted by Crippen LogP contribution is -2.43. The van der Waals surface area contributed by atoms with Crippen LogP contribution in [0.3, 0.4) is 0 Å². The third-order valence-corrected chi connectivity index (χ3v) is 3.73. The van der Waals surface area contributed by atoms with Crippen molar-refractivity contribution in [3.05, 3.63) is 24.0 Å². The van der Waals surface area contributed by atoms with Crippen LogP contribution in [0.15, 0.2) is 18.2 Å². The molecule has 1 aromatic rings. The number of benzene rings is 1. The number of nitrogens with zero attached hydrogens (tertiary/aromatic N) is 1. The maximum absolute atomic E-state index is 13.6. The van der Waals surface area contributed by atoms with Gasteiger partial charge >= 0.3 is 6.09 Å². The van der Waals surface area contributed by atoms with E-state index in [2.05, 4.69) is 0 Å². The predicted octanol–water partition coefficient (Wildman–Crippen LogP) is 3.33. The molecule has 0 aliphatic carbocycles. The topological polar surface area (TPSA) is 68.2 Å². The van der Waals surface area contributed by atoms with Crippen molar-refractivity contribution in [3.8, 4) is 11.5 Å². The first kappa shape index (κ1) is 19.3. The van der Waals surface area contributed by atoms with Crippen LogP contribution in [-0.2, 0) is 9.47 Å². The minimum absolute atomic E-state index is 0.00310. The van der Waals surface area contributed by atoms with Crippen LogP contribution in [-0.4, -0.2) is 54.1 Å². The predicted molar refractivity (Wildman–Crippen MR) is 90.3 cm³/mol.